The molecule has 1 aromatic carbocycles. The highest BCUT2D eigenvalue weighted by Gasteiger charge is 2.05. The third kappa shape index (κ3) is 6.40. The van der Waals surface area contributed by atoms with E-state index in [2.05, 4.69) is 24.1 Å². The van der Waals surface area contributed by atoms with Crippen molar-refractivity contribution < 1.29 is 14.3 Å². The van der Waals surface area contributed by atoms with Crippen molar-refractivity contribution in [2.45, 2.75) is 20.8 Å². The zero-order valence-electron chi connectivity index (χ0n) is 13.0. The summed E-state index contributed by atoms with van der Waals surface area (Å²) in [5, 5.41) is 2.82. The van der Waals surface area contributed by atoms with Crippen LogP contribution in [0.3, 0.4) is 0 Å². The van der Waals surface area contributed by atoms with Gasteiger partial charge in [-0.2, -0.15) is 0 Å². The summed E-state index contributed by atoms with van der Waals surface area (Å²) in [5.74, 6) is 0.451. The van der Waals surface area contributed by atoms with Crippen molar-refractivity contribution >= 4 is 11.7 Å². The number of benzene rings is 1. The van der Waals surface area contributed by atoms with Crippen molar-refractivity contribution in [3.05, 3.63) is 29.8 Å². The molecule has 5 nitrogen and oxygen atoms in total. The fourth-order valence-electron chi connectivity index (χ4n) is 1.88. The molecule has 0 heterocycles. The molecule has 0 unspecified atom stereocenters. The number of carbonyl (C=O) groups excluding carboxylic acids is 2. The fourth-order valence-corrected chi connectivity index (χ4v) is 1.88. The first-order valence-electron chi connectivity index (χ1n) is 7.29. The number of carbonyl (C=O) groups is 2. The average molecular weight is 292 g/mol. The maximum absolute atomic E-state index is 11.6. The van der Waals surface area contributed by atoms with Crippen LogP contribution in [0.5, 0.6) is 5.75 Å². The summed E-state index contributed by atoms with van der Waals surface area (Å²) < 4.78 is 5.38. The molecule has 1 N–H and O–H groups in total. The van der Waals surface area contributed by atoms with Crippen molar-refractivity contribution in [2.24, 2.45) is 0 Å². The highest BCUT2D eigenvalue weighted by atomic mass is 16.5. The monoisotopic (exact) mass is 292 g/mol. The second-order valence-corrected chi connectivity index (χ2v) is 4.75. The number of amides is 1. The third-order valence-corrected chi connectivity index (χ3v) is 3.28. The Morgan fingerprint density at radius 2 is 1.76 bits per heavy atom. The number of ether oxygens (including phenoxy) is 1. The summed E-state index contributed by atoms with van der Waals surface area (Å²) in [7, 11) is 0. The maximum atomic E-state index is 11.6. The number of likely N-dealkylation sites (N-methyl/N-ethyl adjacent to an activating group) is 1. The molecular weight excluding hydrogens is 268 g/mol. The largest absolute Gasteiger partial charge is 0.484 e. The van der Waals surface area contributed by atoms with E-state index in [-0.39, 0.29) is 18.3 Å². The summed E-state index contributed by atoms with van der Waals surface area (Å²) in [4.78, 5) is 25.0. The van der Waals surface area contributed by atoms with Crippen molar-refractivity contribution in [1.82, 2.24) is 10.2 Å². The van der Waals surface area contributed by atoms with Crippen LogP contribution >= 0.6 is 0 Å². The fraction of sp³-hybridized carbons (Fsp3) is 0.500. The Kier molecular flexibility index (Phi) is 7.46. The molecule has 1 aromatic rings. The second-order valence-electron chi connectivity index (χ2n) is 4.75. The van der Waals surface area contributed by atoms with E-state index in [0.717, 1.165) is 19.6 Å². The number of rotatable bonds is 9. The van der Waals surface area contributed by atoms with E-state index in [0.29, 0.717) is 17.9 Å². The molecule has 5 heteroatoms. The molecule has 116 valence electrons. The van der Waals surface area contributed by atoms with Gasteiger partial charge in [-0.05, 0) is 44.3 Å². The minimum absolute atomic E-state index is 0.00990. The van der Waals surface area contributed by atoms with Gasteiger partial charge in [-0.3, -0.25) is 9.59 Å². The van der Waals surface area contributed by atoms with Crippen LogP contribution in [0, 0.1) is 0 Å². The van der Waals surface area contributed by atoms with Gasteiger partial charge in [-0.25, -0.2) is 0 Å². The smallest absolute Gasteiger partial charge is 0.257 e. The first-order chi connectivity index (χ1) is 10.1. The van der Waals surface area contributed by atoms with E-state index in [9.17, 15) is 9.59 Å². The Morgan fingerprint density at radius 3 is 2.29 bits per heavy atom. The SMILES string of the molecule is CCN(CC)CCNC(=O)COc1ccc(C(C)=O)cc1. The molecular formula is C16H24N2O3. The Bertz CT molecular complexity index is 453. The molecule has 0 aromatic heterocycles. The van der Waals surface area contributed by atoms with Gasteiger partial charge in [0, 0.05) is 18.7 Å². The van der Waals surface area contributed by atoms with Crippen LogP contribution in [0.1, 0.15) is 31.1 Å². The predicted octanol–water partition coefficient (Wildman–Crippen LogP) is 1.73. The molecule has 21 heavy (non-hydrogen) atoms. The molecule has 0 aliphatic heterocycles. The molecule has 0 radical (unpaired) electrons. The van der Waals surface area contributed by atoms with Crippen molar-refractivity contribution in [3.63, 3.8) is 0 Å². The number of nitrogens with zero attached hydrogens (tertiary/aromatic N) is 1. The van der Waals surface area contributed by atoms with Crippen LogP contribution in [0.25, 0.3) is 0 Å². The highest BCUT2D eigenvalue weighted by Crippen LogP contribution is 2.12. The van der Waals surface area contributed by atoms with Gasteiger partial charge in [-0.15, -0.1) is 0 Å². The van der Waals surface area contributed by atoms with Gasteiger partial charge in [0.15, 0.2) is 12.4 Å². The molecule has 0 spiro atoms. The maximum Gasteiger partial charge on any atom is 0.257 e. The van der Waals surface area contributed by atoms with Gasteiger partial charge in [0.05, 0.1) is 0 Å². The van der Waals surface area contributed by atoms with Gasteiger partial charge < -0.3 is 15.0 Å². The van der Waals surface area contributed by atoms with E-state index in [1.807, 2.05) is 0 Å². The molecule has 1 amide bonds. The van der Waals surface area contributed by atoms with Crippen molar-refractivity contribution in [1.29, 1.82) is 0 Å². The van der Waals surface area contributed by atoms with Crippen LogP contribution in [-0.4, -0.2) is 49.4 Å². The van der Waals surface area contributed by atoms with E-state index >= 15 is 0 Å². The van der Waals surface area contributed by atoms with Crippen LogP contribution < -0.4 is 10.1 Å². The van der Waals surface area contributed by atoms with Gasteiger partial charge >= 0.3 is 0 Å². The van der Waals surface area contributed by atoms with Crippen molar-refractivity contribution in [2.75, 3.05) is 32.8 Å². The number of Topliss-reactive ketones (excluding diaryl/α,β-unsaturated/α-hetero) is 1. The molecule has 0 saturated heterocycles. The normalized spacial score (nSPS) is 10.5. The number of hydrogen-bond acceptors (Lipinski definition) is 4. The molecule has 1 rings (SSSR count). The summed E-state index contributed by atoms with van der Waals surface area (Å²) in [6.07, 6.45) is 0. The topological polar surface area (TPSA) is 58.6 Å². The standard InChI is InChI=1S/C16H24N2O3/c1-4-18(5-2)11-10-17-16(20)12-21-15-8-6-14(7-9-15)13(3)19/h6-9H,4-5,10-12H2,1-3H3,(H,17,20). The predicted molar refractivity (Wildman–Crippen MR) is 82.7 cm³/mol. The van der Waals surface area contributed by atoms with Gasteiger partial charge in [-0.1, -0.05) is 13.8 Å². The first-order valence-corrected chi connectivity index (χ1v) is 7.29. The van der Waals surface area contributed by atoms with E-state index < -0.39 is 0 Å². The van der Waals surface area contributed by atoms with Gasteiger partial charge in [0.25, 0.3) is 5.91 Å². The van der Waals surface area contributed by atoms with Crippen molar-refractivity contribution in [3.8, 4) is 5.75 Å². The van der Waals surface area contributed by atoms with E-state index in [1.165, 1.54) is 6.92 Å². The third-order valence-electron chi connectivity index (χ3n) is 3.28. The van der Waals surface area contributed by atoms with E-state index in [4.69, 9.17) is 4.74 Å². The summed E-state index contributed by atoms with van der Waals surface area (Å²) in [5.41, 5.74) is 0.631. The summed E-state index contributed by atoms with van der Waals surface area (Å²) >= 11 is 0. The molecule has 0 fully saturated rings. The molecule has 0 saturated carbocycles. The van der Waals surface area contributed by atoms with Gasteiger partial charge in [0.1, 0.15) is 5.75 Å². The highest BCUT2D eigenvalue weighted by molar-refractivity contribution is 5.94. The lowest BCUT2D eigenvalue weighted by molar-refractivity contribution is -0.123. The summed E-state index contributed by atoms with van der Waals surface area (Å²) in [6.45, 7) is 9.10. The van der Waals surface area contributed by atoms with Crippen LogP contribution in [0.15, 0.2) is 24.3 Å². The minimum Gasteiger partial charge on any atom is -0.484 e. The molecule has 0 aliphatic rings. The Labute approximate surface area is 126 Å². The lowest BCUT2D eigenvalue weighted by Gasteiger charge is -2.17. The number of nitrogens with one attached hydrogen (secondary N) is 1. The van der Waals surface area contributed by atoms with Crippen LogP contribution in [-0.2, 0) is 4.79 Å². The average Bonchev–Trinajstić information content (AvgIpc) is 2.50. The number of hydrogen-bond donors (Lipinski definition) is 1. The Hall–Kier alpha value is -1.88. The van der Waals surface area contributed by atoms with E-state index in [1.54, 1.807) is 24.3 Å². The molecule has 0 atom stereocenters. The van der Waals surface area contributed by atoms with Crippen LogP contribution in [0.2, 0.25) is 0 Å². The quantitative estimate of drug-likeness (QED) is 0.704. The molecule has 0 aliphatic carbocycles. The van der Waals surface area contributed by atoms with Crippen LogP contribution in [0.4, 0.5) is 0 Å². The summed E-state index contributed by atoms with van der Waals surface area (Å²) in [6, 6.07) is 6.77. The lowest BCUT2D eigenvalue weighted by Crippen LogP contribution is -2.36. The lowest BCUT2D eigenvalue weighted by atomic mass is 10.1. The first kappa shape index (κ1) is 17.2. The zero-order chi connectivity index (χ0) is 15.7. The Morgan fingerprint density at radius 1 is 1.14 bits per heavy atom. The molecule has 0 bridgehead atoms. The Balaban J connectivity index is 2.28. The van der Waals surface area contributed by atoms with Gasteiger partial charge in [0.2, 0.25) is 0 Å². The zero-order valence-corrected chi connectivity index (χ0v) is 13.0. The minimum atomic E-state index is -0.141. The second kappa shape index (κ2) is 9.13. The number of ketones is 1.